The van der Waals surface area contributed by atoms with Gasteiger partial charge < -0.3 is 4.42 Å². The Hall–Kier alpha value is -3.09. The van der Waals surface area contributed by atoms with Gasteiger partial charge in [0.05, 0.1) is 23.4 Å². The first-order chi connectivity index (χ1) is 16.6. The molecule has 0 amide bonds. The summed E-state index contributed by atoms with van der Waals surface area (Å²) in [5.74, 6) is 0. The van der Waals surface area contributed by atoms with E-state index in [0.29, 0.717) is 22.1 Å². The number of fused-ring (bicyclic) bond motifs is 1. The standard InChI is InChI=1S/C23H21ClN2O7S2/c1-15-17(14-32-31-2)7-5-9-22(15)34(27,28)25-19-11-10-18(24)13-20(19)26-35(29,30)23-12-16-6-3-4-8-21(16)33-23/h3-13,25-26H,14H2,1-2H3. The van der Waals surface area contributed by atoms with Gasteiger partial charge in [-0.05, 0) is 48.4 Å². The lowest BCUT2D eigenvalue weighted by molar-refractivity contribution is -0.282. The minimum absolute atomic E-state index is 0.00394. The molecule has 0 aliphatic rings. The molecule has 0 atom stereocenters. The van der Waals surface area contributed by atoms with Crippen LogP contribution in [0.4, 0.5) is 11.4 Å². The first-order valence-corrected chi connectivity index (χ1v) is 13.5. The Kier molecular flexibility index (Phi) is 7.06. The largest absolute Gasteiger partial charge is 0.443 e. The van der Waals surface area contributed by atoms with E-state index in [1.54, 1.807) is 43.3 Å². The fourth-order valence-corrected chi connectivity index (χ4v) is 5.99. The van der Waals surface area contributed by atoms with E-state index in [1.807, 2.05) is 0 Å². The Morgan fingerprint density at radius 3 is 2.37 bits per heavy atom. The van der Waals surface area contributed by atoms with Crippen molar-refractivity contribution in [1.82, 2.24) is 0 Å². The highest BCUT2D eigenvalue weighted by Gasteiger charge is 2.24. The number of sulfonamides is 2. The smallest absolute Gasteiger partial charge is 0.295 e. The summed E-state index contributed by atoms with van der Waals surface area (Å²) in [6.07, 6.45) is 0. The predicted molar refractivity (Wildman–Crippen MR) is 132 cm³/mol. The van der Waals surface area contributed by atoms with E-state index in [2.05, 4.69) is 14.3 Å². The van der Waals surface area contributed by atoms with Gasteiger partial charge in [-0.1, -0.05) is 41.9 Å². The van der Waals surface area contributed by atoms with Crippen LogP contribution in [0.2, 0.25) is 5.02 Å². The molecule has 2 N–H and O–H groups in total. The molecule has 0 bridgehead atoms. The molecule has 9 nitrogen and oxygen atoms in total. The van der Waals surface area contributed by atoms with E-state index in [0.717, 1.165) is 0 Å². The Morgan fingerprint density at radius 2 is 1.63 bits per heavy atom. The number of anilines is 2. The molecule has 0 unspecified atom stereocenters. The summed E-state index contributed by atoms with van der Waals surface area (Å²) in [7, 11) is -6.96. The van der Waals surface area contributed by atoms with Crippen molar-refractivity contribution in [3.63, 3.8) is 0 Å². The van der Waals surface area contributed by atoms with Gasteiger partial charge in [-0.25, -0.2) is 18.2 Å². The van der Waals surface area contributed by atoms with Crippen molar-refractivity contribution < 1.29 is 31.0 Å². The zero-order valence-corrected chi connectivity index (χ0v) is 21.0. The highest BCUT2D eigenvalue weighted by atomic mass is 35.5. The quantitative estimate of drug-likeness (QED) is 0.226. The van der Waals surface area contributed by atoms with E-state index in [1.165, 1.54) is 37.4 Å². The van der Waals surface area contributed by atoms with Crippen molar-refractivity contribution in [3.8, 4) is 0 Å². The Balaban J connectivity index is 1.67. The van der Waals surface area contributed by atoms with Crippen molar-refractivity contribution in [2.45, 2.75) is 23.5 Å². The third-order valence-corrected chi connectivity index (χ3v) is 8.12. The van der Waals surface area contributed by atoms with Crippen LogP contribution in [-0.2, 0) is 36.4 Å². The maximum atomic E-state index is 13.2. The van der Waals surface area contributed by atoms with Crippen LogP contribution in [0.1, 0.15) is 11.1 Å². The second kappa shape index (κ2) is 9.88. The number of rotatable bonds is 9. The second-order valence-corrected chi connectivity index (χ2v) is 11.2. The normalized spacial score (nSPS) is 12.1. The maximum Gasteiger partial charge on any atom is 0.295 e. The summed E-state index contributed by atoms with van der Waals surface area (Å²) in [5.41, 5.74) is 1.37. The summed E-state index contributed by atoms with van der Waals surface area (Å²) in [6, 6.07) is 17.0. The minimum Gasteiger partial charge on any atom is -0.443 e. The Morgan fingerprint density at radius 1 is 0.886 bits per heavy atom. The van der Waals surface area contributed by atoms with Crippen LogP contribution in [0, 0.1) is 6.92 Å². The molecule has 0 saturated heterocycles. The number of hydrogen-bond donors (Lipinski definition) is 2. The number of furan rings is 1. The van der Waals surface area contributed by atoms with Crippen LogP contribution in [0.15, 0.2) is 81.1 Å². The van der Waals surface area contributed by atoms with Crippen molar-refractivity contribution in [2.75, 3.05) is 16.6 Å². The highest BCUT2D eigenvalue weighted by molar-refractivity contribution is 7.93. The van der Waals surface area contributed by atoms with Gasteiger partial charge in [-0.15, -0.1) is 0 Å². The molecule has 3 aromatic carbocycles. The SMILES string of the molecule is COOCc1cccc(S(=O)(=O)Nc2ccc(Cl)cc2NS(=O)(=O)c2cc3ccccc3o2)c1C. The van der Waals surface area contributed by atoms with Gasteiger partial charge in [0.15, 0.2) is 0 Å². The van der Waals surface area contributed by atoms with E-state index >= 15 is 0 Å². The van der Waals surface area contributed by atoms with Crippen LogP contribution in [0.5, 0.6) is 0 Å². The molecule has 0 radical (unpaired) electrons. The van der Waals surface area contributed by atoms with Gasteiger partial charge in [-0.3, -0.25) is 9.44 Å². The van der Waals surface area contributed by atoms with Crippen molar-refractivity contribution in [2.24, 2.45) is 0 Å². The monoisotopic (exact) mass is 536 g/mol. The molecule has 12 heteroatoms. The molecule has 1 heterocycles. The number of para-hydroxylation sites is 1. The van der Waals surface area contributed by atoms with Crippen LogP contribution >= 0.6 is 11.6 Å². The summed E-state index contributed by atoms with van der Waals surface area (Å²) in [6.45, 7) is 1.69. The fraction of sp³-hybridized carbons (Fsp3) is 0.130. The first kappa shape index (κ1) is 25.0. The summed E-state index contributed by atoms with van der Waals surface area (Å²) < 4.78 is 62.8. The van der Waals surface area contributed by atoms with E-state index < -0.39 is 20.0 Å². The zero-order chi connectivity index (χ0) is 25.2. The fourth-order valence-electron chi connectivity index (χ4n) is 3.40. The van der Waals surface area contributed by atoms with Crippen LogP contribution in [0.25, 0.3) is 11.0 Å². The molecule has 35 heavy (non-hydrogen) atoms. The predicted octanol–water partition coefficient (Wildman–Crippen LogP) is 5.07. The molecule has 0 aliphatic heterocycles. The molecular formula is C23H21ClN2O7S2. The average molecular weight is 537 g/mol. The van der Waals surface area contributed by atoms with Gasteiger partial charge in [0.1, 0.15) is 12.2 Å². The van der Waals surface area contributed by atoms with Crippen LogP contribution in [-0.4, -0.2) is 23.9 Å². The minimum atomic E-state index is -4.20. The third-order valence-electron chi connectivity index (χ3n) is 5.16. The lowest BCUT2D eigenvalue weighted by atomic mass is 10.1. The van der Waals surface area contributed by atoms with Gasteiger partial charge >= 0.3 is 0 Å². The van der Waals surface area contributed by atoms with Crippen LogP contribution < -0.4 is 9.44 Å². The lowest BCUT2D eigenvalue weighted by Crippen LogP contribution is -2.18. The van der Waals surface area contributed by atoms with Gasteiger partial charge in [-0.2, -0.15) is 8.42 Å². The zero-order valence-electron chi connectivity index (χ0n) is 18.6. The van der Waals surface area contributed by atoms with Gasteiger partial charge in [0.25, 0.3) is 20.0 Å². The summed E-state index contributed by atoms with van der Waals surface area (Å²) >= 11 is 6.08. The van der Waals surface area contributed by atoms with E-state index in [-0.39, 0.29) is 33.0 Å². The first-order valence-electron chi connectivity index (χ1n) is 10.2. The third kappa shape index (κ3) is 5.44. The lowest BCUT2D eigenvalue weighted by Gasteiger charge is -2.16. The molecule has 0 fully saturated rings. The van der Waals surface area contributed by atoms with Gasteiger partial charge in [0, 0.05) is 16.5 Å². The molecule has 1 aromatic heterocycles. The molecule has 4 aromatic rings. The molecule has 184 valence electrons. The molecule has 0 spiro atoms. The van der Waals surface area contributed by atoms with Crippen molar-refractivity contribution >= 4 is 54.0 Å². The number of hydrogen-bond acceptors (Lipinski definition) is 7. The second-order valence-electron chi connectivity index (χ2n) is 7.47. The Bertz CT molecular complexity index is 1570. The van der Waals surface area contributed by atoms with Crippen LogP contribution in [0.3, 0.4) is 0 Å². The summed E-state index contributed by atoms with van der Waals surface area (Å²) in [4.78, 5) is 9.52. The molecule has 4 rings (SSSR count). The molecular weight excluding hydrogens is 516 g/mol. The number of benzene rings is 3. The topological polar surface area (TPSA) is 124 Å². The maximum absolute atomic E-state index is 13.2. The molecule has 0 saturated carbocycles. The summed E-state index contributed by atoms with van der Waals surface area (Å²) in [5, 5.41) is 0.479. The molecule has 0 aliphatic carbocycles. The van der Waals surface area contributed by atoms with E-state index in [9.17, 15) is 16.8 Å². The van der Waals surface area contributed by atoms with Crippen molar-refractivity contribution in [3.05, 3.63) is 82.9 Å². The Labute approximate surface area is 207 Å². The number of halogens is 1. The average Bonchev–Trinajstić information content (AvgIpc) is 3.25. The number of nitrogens with one attached hydrogen (secondary N) is 2. The van der Waals surface area contributed by atoms with Gasteiger partial charge in [0.2, 0.25) is 5.09 Å². The highest BCUT2D eigenvalue weighted by Crippen LogP contribution is 2.32. The van der Waals surface area contributed by atoms with Crippen molar-refractivity contribution in [1.29, 1.82) is 0 Å². The van der Waals surface area contributed by atoms with E-state index in [4.69, 9.17) is 20.9 Å².